The maximum Gasteiger partial charge on any atom is 0.125 e. The molecule has 102 valence electrons. The van der Waals surface area contributed by atoms with E-state index < -0.39 is 0 Å². The van der Waals surface area contributed by atoms with Crippen LogP contribution in [-0.4, -0.2) is 0 Å². The van der Waals surface area contributed by atoms with Gasteiger partial charge in [0, 0.05) is 0 Å². The molecule has 0 atom stereocenters. The van der Waals surface area contributed by atoms with Gasteiger partial charge in [-0.1, -0.05) is 31.2 Å². The van der Waals surface area contributed by atoms with E-state index in [1.807, 2.05) is 26.0 Å². The number of aryl methyl sites for hydroxylation is 3. The Morgan fingerprint density at radius 2 is 1.55 bits per heavy atom. The van der Waals surface area contributed by atoms with Crippen molar-refractivity contribution in [2.24, 2.45) is 0 Å². The highest BCUT2D eigenvalue weighted by molar-refractivity contribution is 5.47. The van der Waals surface area contributed by atoms with Gasteiger partial charge in [0.05, 0.1) is 11.6 Å². The van der Waals surface area contributed by atoms with Gasteiger partial charge in [0.2, 0.25) is 0 Å². The molecule has 2 aromatic rings. The first-order chi connectivity index (χ1) is 9.63. The van der Waals surface area contributed by atoms with Gasteiger partial charge in [-0.25, -0.2) is 0 Å². The van der Waals surface area contributed by atoms with Crippen molar-refractivity contribution in [1.82, 2.24) is 0 Å². The molecule has 0 fully saturated rings. The van der Waals surface area contributed by atoms with Crippen LogP contribution in [0.25, 0.3) is 0 Å². The molecule has 0 amide bonds. The Labute approximate surface area is 120 Å². The van der Waals surface area contributed by atoms with Crippen LogP contribution in [0.4, 0.5) is 0 Å². The lowest BCUT2D eigenvalue weighted by Crippen LogP contribution is -1.99. The van der Waals surface area contributed by atoms with Crippen molar-refractivity contribution in [2.45, 2.75) is 33.8 Å². The van der Waals surface area contributed by atoms with Crippen LogP contribution in [0, 0.1) is 25.2 Å². The minimum absolute atomic E-state index is 0.553. The predicted molar refractivity (Wildman–Crippen MR) is 80.8 cm³/mol. The number of rotatable bonds is 4. The summed E-state index contributed by atoms with van der Waals surface area (Å²) in [5.41, 5.74) is 5.18. The van der Waals surface area contributed by atoms with E-state index >= 15 is 0 Å². The molecular weight excluding hydrogens is 246 g/mol. The average molecular weight is 265 g/mol. The first-order valence-electron chi connectivity index (χ1n) is 6.86. The summed E-state index contributed by atoms with van der Waals surface area (Å²) < 4.78 is 5.92. The molecule has 2 heteroatoms. The molecule has 2 aromatic carbocycles. The highest BCUT2D eigenvalue weighted by atomic mass is 16.5. The molecule has 0 N–H and O–H groups in total. The summed E-state index contributed by atoms with van der Waals surface area (Å²) >= 11 is 0. The molecule has 0 saturated carbocycles. The number of benzene rings is 2. The Hall–Kier alpha value is -2.27. The zero-order valence-corrected chi connectivity index (χ0v) is 12.2. The lowest BCUT2D eigenvalue weighted by atomic mass is 10.1. The van der Waals surface area contributed by atoms with E-state index in [0.717, 1.165) is 28.9 Å². The lowest BCUT2D eigenvalue weighted by Gasteiger charge is -2.13. The van der Waals surface area contributed by atoms with Crippen molar-refractivity contribution in [2.75, 3.05) is 0 Å². The second kappa shape index (κ2) is 6.25. The molecule has 0 aromatic heterocycles. The number of nitriles is 1. The highest BCUT2D eigenvalue weighted by Gasteiger charge is 2.06. The van der Waals surface area contributed by atoms with Gasteiger partial charge in [0.15, 0.2) is 0 Å². The van der Waals surface area contributed by atoms with Crippen molar-refractivity contribution in [3.63, 3.8) is 0 Å². The number of hydrogen-bond acceptors (Lipinski definition) is 2. The Bertz CT molecular complexity index is 612. The third-order valence-electron chi connectivity index (χ3n) is 3.40. The fraction of sp³-hybridized carbons (Fsp3) is 0.278. The smallest absolute Gasteiger partial charge is 0.125 e. The summed E-state index contributed by atoms with van der Waals surface area (Å²) in [6, 6.07) is 14.4. The molecule has 0 radical (unpaired) electrons. The topological polar surface area (TPSA) is 33.0 Å². The van der Waals surface area contributed by atoms with Crippen LogP contribution in [0.2, 0.25) is 0 Å². The van der Waals surface area contributed by atoms with E-state index in [1.165, 1.54) is 5.56 Å². The fourth-order valence-electron chi connectivity index (χ4n) is 2.27. The van der Waals surface area contributed by atoms with E-state index in [2.05, 4.69) is 37.3 Å². The largest absolute Gasteiger partial charge is 0.488 e. The van der Waals surface area contributed by atoms with Gasteiger partial charge in [-0.3, -0.25) is 0 Å². The minimum Gasteiger partial charge on any atom is -0.488 e. The maximum absolute atomic E-state index is 8.94. The molecule has 0 bridgehead atoms. The maximum atomic E-state index is 8.94. The second-order valence-electron chi connectivity index (χ2n) is 5.01. The van der Waals surface area contributed by atoms with Crippen LogP contribution in [0.3, 0.4) is 0 Å². The normalized spacial score (nSPS) is 10.1. The van der Waals surface area contributed by atoms with E-state index in [4.69, 9.17) is 10.00 Å². The van der Waals surface area contributed by atoms with Crippen molar-refractivity contribution in [3.05, 3.63) is 64.2 Å². The Morgan fingerprint density at radius 3 is 2.05 bits per heavy atom. The zero-order chi connectivity index (χ0) is 14.5. The van der Waals surface area contributed by atoms with Gasteiger partial charge in [-0.05, 0) is 54.7 Å². The number of nitrogens with zero attached hydrogens (tertiary/aromatic N) is 1. The monoisotopic (exact) mass is 265 g/mol. The zero-order valence-electron chi connectivity index (χ0n) is 12.2. The number of ether oxygens (including phenoxy) is 1. The van der Waals surface area contributed by atoms with Gasteiger partial charge in [0.25, 0.3) is 0 Å². The van der Waals surface area contributed by atoms with Crippen molar-refractivity contribution in [3.8, 4) is 11.8 Å². The molecule has 2 rings (SSSR count). The summed E-state index contributed by atoms with van der Waals surface area (Å²) in [7, 11) is 0. The first-order valence-corrected chi connectivity index (χ1v) is 6.86. The molecule has 0 heterocycles. The molecule has 2 nitrogen and oxygen atoms in total. The average Bonchev–Trinajstić information content (AvgIpc) is 2.46. The second-order valence-corrected chi connectivity index (χ2v) is 5.01. The van der Waals surface area contributed by atoms with Gasteiger partial charge >= 0.3 is 0 Å². The van der Waals surface area contributed by atoms with Gasteiger partial charge < -0.3 is 4.74 Å². The summed E-state index contributed by atoms with van der Waals surface area (Å²) in [5, 5.41) is 8.94. The van der Waals surface area contributed by atoms with E-state index in [0.29, 0.717) is 12.2 Å². The van der Waals surface area contributed by atoms with Crippen LogP contribution in [0.5, 0.6) is 5.75 Å². The molecule has 20 heavy (non-hydrogen) atoms. The standard InChI is InChI=1S/C18H19NO/c1-4-15-5-7-16(8-6-15)12-20-18-13(2)9-17(11-19)10-14(18)3/h5-10H,4,12H2,1-3H3. The van der Waals surface area contributed by atoms with Crippen LogP contribution >= 0.6 is 0 Å². The van der Waals surface area contributed by atoms with Crippen LogP contribution < -0.4 is 4.74 Å². The summed E-state index contributed by atoms with van der Waals surface area (Å²) in [6.45, 7) is 6.65. The Kier molecular flexibility index (Phi) is 4.42. The molecule has 0 saturated heterocycles. The fourth-order valence-corrected chi connectivity index (χ4v) is 2.27. The predicted octanol–water partition coefficient (Wildman–Crippen LogP) is 4.32. The van der Waals surface area contributed by atoms with E-state index in [-0.39, 0.29) is 0 Å². The molecule has 0 unspecified atom stereocenters. The third kappa shape index (κ3) is 3.19. The van der Waals surface area contributed by atoms with Gasteiger partial charge in [-0.2, -0.15) is 5.26 Å². The molecular formula is C18H19NO. The van der Waals surface area contributed by atoms with Gasteiger partial charge in [0.1, 0.15) is 12.4 Å². The summed E-state index contributed by atoms with van der Waals surface area (Å²) in [6.07, 6.45) is 1.05. The lowest BCUT2D eigenvalue weighted by molar-refractivity contribution is 0.302. The third-order valence-corrected chi connectivity index (χ3v) is 3.40. The van der Waals surface area contributed by atoms with Crippen molar-refractivity contribution in [1.29, 1.82) is 5.26 Å². The molecule has 0 spiro atoms. The Morgan fingerprint density at radius 1 is 1.00 bits per heavy atom. The van der Waals surface area contributed by atoms with Crippen molar-refractivity contribution >= 4 is 0 Å². The molecule has 0 aliphatic heterocycles. The Balaban J connectivity index is 2.12. The highest BCUT2D eigenvalue weighted by Crippen LogP contribution is 2.25. The van der Waals surface area contributed by atoms with Gasteiger partial charge in [-0.15, -0.1) is 0 Å². The van der Waals surface area contributed by atoms with Crippen molar-refractivity contribution < 1.29 is 4.74 Å². The minimum atomic E-state index is 0.553. The summed E-state index contributed by atoms with van der Waals surface area (Å²) in [4.78, 5) is 0. The van der Waals surface area contributed by atoms with E-state index in [1.54, 1.807) is 0 Å². The van der Waals surface area contributed by atoms with E-state index in [9.17, 15) is 0 Å². The summed E-state index contributed by atoms with van der Waals surface area (Å²) in [5.74, 6) is 0.878. The quantitative estimate of drug-likeness (QED) is 0.825. The molecule has 0 aliphatic rings. The van der Waals surface area contributed by atoms with Crippen LogP contribution in [0.1, 0.15) is 34.7 Å². The molecule has 0 aliphatic carbocycles. The number of hydrogen-bond donors (Lipinski definition) is 0. The SMILES string of the molecule is CCc1ccc(COc2c(C)cc(C#N)cc2C)cc1. The van der Waals surface area contributed by atoms with Crippen LogP contribution in [-0.2, 0) is 13.0 Å². The first kappa shape index (κ1) is 14.1. The van der Waals surface area contributed by atoms with Crippen LogP contribution in [0.15, 0.2) is 36.4 Å².